The van der Waals surface area contributed by atoms with Crippen molar-refractivity contribution in [1.29, 1.82) is 0 Å². The predicted molar refractivity (Wildman–Crippen MR) is 93.1 cm³/mol. The molecule has 3 aromatic heterocycles. The summed E-state index contributed by atoms with van der Waals surface area (Å²) >= 11 is 0. The number of ether oxygens (including phenoxy) is 1. The second-order valence-electron chi connectivity index (χ2n) is 5.53. The summed E-state index contributed by atoms with van der Waals surface area (Å²) in [5.41, 5.74) is 1.60. The van der Waals surface area contributed by atoms with Gasteiger partial charge in [-0.25, -0.2) is 9.50 Å². The van der Waals surface area contributed by atoms with Gasteiger partial charge in [0.25, 0.3) is 11.7 Å². The van der Waals surface area contributed by atoms with Crippen LogP contribution in [0.1, 0.15) is 16.2 Å². The van der Waals surface area contributed by atoms with Gasteiger partial charge < -0.3 is 10.1 Å². The fraction of sp³-hybridized carbons (Fsp3) is 0.118. The summed E-state index contributed by atoms with van der Waals surface area (Å²) in [4.78, 5) is 20.4. The molecule has 1 aromatic carbocycles. The van der Waals surface area contributed by atoms with Crippen molar-refractivity contribution in [3.8, 4) is 5.75 Å². The maximum atomic E-state index is 12.3. The summed E-state index contributed by atoms with van der Waals surface area (Å²) < 4.78 is 8.39. The van der Waals surface area contributed by atoms with Gasteiger partial charge >= 0.3 is 0 Å². The molecule has 1 N–H and O–H groups in total. The van der Waals surface area contributed by atoms with E-state index in [-0.39, 0.29) is 5.82 Å². The number of benzene rings is 1. The fourth-order valence-corrected chi connectivity index (χ4v) is 2.49. The highest BCUT2D eigenvalue weighted by Crippen LogP contribution is 2.14. The van der Waals surface area contributed by atoms with Gasteiger partial charge in [0.1, 0.15) is 5.75 Å². The van der Waals surface area contributed by atoms with Crippen molar-refractivity contribution < 1.29 is 9.53 Å². The number of methoxy groups -OCH3 is 1. The lowest BCUT2D eigenvalue weighted by Crippen LogP contribution is -2.13. The summed E-state index contributed by atoms with van der Waals surface area (Å²) in [6.07, 6.45) is 6.59. The molecular formula is C17H15N7O2. The van der Waals surface area contributed by atoms with Gasteiger partial charge in [-0.15, -0.1) is 5.10 Å². The van der Waals surface area contributed by atoms with E-state index in [1.54, 1.807) is 42.6 Å². The normalized spacial score (nSPS) is 10.8. The first-order chi connectivity index (χ1) is 12.7. The lowest BCUT2D eigenvalue weighted by molar-refractivity contribution is 0.101. The van der Waals surface area contributed by atoms with E-state index < -0.39 is 5.91 Å². The highest BCUT2D eigenvalue weighted by atomic mass is 16.5. The summed E-state index contributed by atoms with van der Waals surface area (Å²) in [5.74, 6) is 0.779. The Morgan fingerprint density at radius 2 is 2.23 bits per heavy atom. The predicted octanol–water partition coefficient (Wildman–Crippen LogP) is 1.63. The van der Waals surface area contributed by atoms with E-state index in [1.807, 2.05) is 24.3 Å². The molecule has 0 unspecified atom stereocenters. The molecule has 26 heavy (non-hydrogen) atoms. The van der Waals surface area contributed by atoms with Crippen LogP contribution in [-0.4, -0.2) is 42.4 Å². The molecule has 0 saturated heterocycles. The van der Waals surface area contributed by atoms with Crippen LogP contribution in [0, 0.1) is 0 Å². The molecule has 9 nitrogen and oxygen atoms in total. The number of rotatable bonds is 5. The van der Waals surface area contributed by atoms with E-state index in [0.717, 1.165) is 11.3 Å². The maximum absolute atomic E-state index is 12.3. The summed E-state index contributed by atoms with van der Waals surface area (Å²) in [5, 5.41) is 11.1. The quantitative estimate of drug-likeness (QED) is 0.588. The van der Waals surface area contributed by atoms with E-state index in [0.29, 0.717) is 18.0 Å². The number of hydrogen-bond donors (Lipinski definition) is 1. The van der Waals surface area contributed by atoms with Gasteiger partial charge in [-0.1, -0.05) is 12.1 Å². The zero-order chi connectivity index (χ0) is 17.9. The molecule has 0 spiro atoms. The lowest BCUT2D eigenvalue weighted by Gasteiger charge is -2.04. The van der Waals surface area contributed by atoms with Crippen molar-refractivity contribution >= 4 is 17.4 Å². The Hall–Kier alpha value is -3.75. The Balaban J connectivity index is 1.46. The van der Waals surface area contributed by atoms with E-state index >= 15 is 0 Å². The largest absolute Gasteiger partial charge is 0.497 e. The number of carbonyl (C=O) groups excluding carboxylic acids is 1. The monoisotopic (exact) mass is 349 g/mol. The first-order valence-corrected chi connectivity index (χ1v) is 7.85. The smallest absolute Gasteiger partial charge is 0.295 e. The Labute approximate surface area is 148 Å². The highest BCUT2D eigenvalue weighted by molar-refractivity contribution is 6.01. The molecular weight excluding hydrogens is 334 g/mol. The molecule has 0 bridgehead atoms. The second-order valence-corrected chi connectivity index (χ2v) is 5.53. The van der Waals surface area contributed by atoms with Gasteiger partial charge in [0.2, 0.25) is 5.82 Å². The molecule has 0 aliphatic rings. The second kappa shape index (κ2) is 6.63. The highest BCUT2D eigenvalue weighted by Gasteiger charge is 2.14. The maximum Gasteiger partial charge on any atom is 0.295 e. The van der Waals surface area contributed by atoms with Crippen LogP contribution in [0.2, 0.25) is 0 Å². The number of amides is 1. The summed E-state index contributed by atoms with van der Waals surface area (Å²) in [7, 11) is 1.63. The Bertz CT molecular complexity index is 1040. The minimum atomic E-state index is -0.420. The molecule has 0 fully saturated rings. The van der Waals surface area contributed by atoms with E-state index in [1.165, 1.54) is 4.52 Å². The summed E-state index contributed by atoms with van der Waals surface area (Å²) in [6.45, 7) is 0.559. The average Bonchev–Trinajstić information content (AvgIpc) is 3.28. The van der Waals surface area contributed by atoms with E-state index in [9.17, 15) is 4.79 Å². The summed E-state index contributed by atoms with van der Waals surface area (Å²) in [6, 6.07) is 9.44. The molecule has 130 valence electrons. The van der Waals surface area contributed by atoms with Gasteiger partial charge in [-0.05, 0) is 23.8 Å². The van der Waals surface area contributed by atoms with Crippen molar-refractivity contribution in [3.05, 3.63) is 66.5 Å². The average molecular weight is 349 g/mol. The Morgan fingerprint density at radius 1 is 1.31 bits per heavy atom. The van der Waals surface area contributed by atoms with Crippen molar-refractivity contribution in [2.45, 2.75) is 6.54 Å². The van der Waals surface area contributed by atoms with E-state index in [2.05, 4.69) is 25.5 Å². The zero-order valence-electron chi connectivity index (χ0n) is 13.9. The van der Waals surface area contributed by atoms with Crippen LogP contribution >= 0.6 is 0 Å². The van der Waals surface area contributed by atoms with Crippen molar-refractivity contribution in [2.24, 2.45) is 0 Å². The molecule has 0 aliphatic heterocycles. The van der Waals surface area contributed by atoms with Crippen LogP contribution in [0.3, 0.4) is 0 Å². The van der Waals surface area contributed by atoms with Crippen LogP contribution in [0.15, 0.2) is 55.1 Å². The van der Waals surface area contributed by atoms with Crippen LogP contribution < -0.4 is 10.1 Å². The number of anilines is 1. The molecule has 0 aliphatic carbocycles. The van der Waals surface area contributed by atoms with Crippen molar-refractivity contribution in [3.63, 3.8) is 0 Å². The van der Waals surface area contributed by atoms with Crippen molar-refractivity contribution in [1.82, 2.24) is 29.4 Å². The first-order valence-electron chi connectivity index (χ1n) is 7.85. The van der Waals surface area contributed by atoms with Gasteiger partial charge in [-0.2, -0.15) is 10.1 Å². The fourth-order valence-electron chi connectivity index (χ4n) is 2.49. The van der Waals surface area contributed by atoms with Crippen LogP contribution in [0.4, 0.5) is 5.69 Å². The molecule has 1 amide bonds. The van der Waals surface area contributed by atoms with Gasteiger partial charge in [-0.3, -0.25) is 9.48 Å². The van der Waals surface area contributed by atoms with Gasteiger partial charge in [0.05, 0.1) is 25.5 Å². The van der Waals surface area contributed by atoms with E-state index in [4.69, 9.17) is 4.74 Å². The number of hydrogen-bond acceptors (Lipinski definition) is 6. The van der Waals surface area contributed by atoms with Crippen LogP contribution in [-0.2, 0) is 6.54 Å². The molecule has 0 atom stereocenters. The Kier molecular flexibility index (Phi) is 4.02. The minimum Gasteiger partial charge on any atom is -0.497 e. The molecule has 4 aromatic rings. The number of fused-ring (bicyclic) bond motifs is 1. The standard InChI is InChI=1S/C17H15N7O2/c1-26-14-5-2-4-12(8-14)10-23-11-13(9-19-23)20-16(25)15-21-17-18-6-3-7-24(17)22-15/h2-9,11H,10H2,1H3,(H,20,25). The van der Waals surface area contributed by atoms with Crippen molar-refractivity contribution in [2.75, 3.05) is 12.4 Å². The SMILES string of the molecule is COc1cccc(Cn2cc(NC(=O)c3nc4ncccn4n3)cn2)c1. The van der Waals surface area contributed by atoms with Gasteiger partial charge in [0.15, 0.2) is 0 Å². The zero-order valence-corrected chi connectivity index (χ0v) is 13.9. The molecule has 3 heterocycles. The third-order valence-corrected chi connectivity index (χ3v) is 3.69. The minimum absolute atomic E-state index is 0.0456. The topological polar surface area (TPSA) is 99.2 Å². The van der Waals surface area contributed by atoms with Crippen LogP contribution in [0.5, 0.6) is 5.75 Å². The third kappa shape index (κ3) is 3.22. The lowest BCUT2D eigenvalue weighted by atomic mass is 10.2. The number of aromatic nitrogens is 6. The number of nitrogens with zero attached hydrogens (tertiary/aromatic N) is 6. The number of nitrogens with one attached hydrogen (secondary N) is 1. The molecule has 9 heteroatoms. The van der Waals surface area contributed by atoms with Gasteiger partial charge in [0, 0.05) is 18.6 Å². The molecule has 0 saturated carbocycles. The molecule has 4 rings (SSSR count). The number of carbonyl (C=O) groups is 1. The first kappa shape index (κ1) is 15.8. The third-order valence-electron chi connectivity index (χ3n) is 3.69. The molecule has 0 radical (unpaired) electrons. The Morgan fingerprint density at radius 3 is 3.08 bits per heavy atom. The van der Waals surface area contributed by atoms with Crippen LogP contribution in [0.25, 0.3) is 5.78 Å².